The van der Waals surface area contributed by atoms with Gasteiger partial charge in [-0.2, -0.15) is 0 Å². The summed E-state index contributed by atoms with van der Waals surface area (Å²) < 4.78 is 27.2. The van der Waals surface area contributed by atoms with Crippen LogP contribution < -0.4 is 10.0 Å². The zero-order valence-electron chi connectivity index (χ0n) is 11.0. The van der Waals surface area contributed by atoms with Crippen LogP contribution in [0, 0.1) is 0 Å². The molecule has 0 aromatic carbocycles. The van der Waals surface area contributed by atoms with Gasteiger partial charge in [0.05, 0.1) is 0 Å². The first-order chi connectivity index (χ1) is 8.26. The second-order valence-corrected chi connectivity index (χ2v) is 8.81. The summed E-state index contributed by atoms with van der Waals surface area (Å²) >= 11 is 1.34. The van der Waals surface area contributed by atoms with Crippen LogP contribution in [-0.2, 0) is 16.6 Å². The summed E-state index contributed by atoms with van der Waals surface area (Å²) in [5.41, 5.74) is -0.449. The quantitative estimate of drug-likeness (QED) is 0.872. The van der Waals surface area contributed by atoms with Crippen LogP contribution in [0.3, 0.4) is 0 Å². The highest BCUT2D eigenvalue weighted by Gasteiger charge is 2.24. The van der Waals surface area contributed by atoms with Gasteiger partial charge in [0.2, 0.25) is 0 Å². The Hall–Kier alpha value is -0.430. The van der Waals surface area contributed by atoms with E-state index < -0.39 is 15.6 Å². The fraction of sp³-hybridized carbons (Fsp3) is 0.667. The van der Waals surface area contributed by atoms with Crippen LogP contribution in [0.2, 0.25) is 0 Å². The van der Waals surface area contributed by atoms with Crippen molar-refractivity contribution in [3.63, 3.8) is 0 Å². The van der Waals surface area contributed by atoms with E-state index in [1.165, 1.54) is 24.2 Å². The van der Waals surface area contributed by atoms with Crippen molar-refractivity contribution in [2.75, 3.05) is 0 Å². The Bertz CT molecular complexity index is 510. The van der Waals surface area contributed by atoms with E-state index in [1.54, 1.807) is 6.07 Å². The normalized spacial score (nSPS) is 17.1. The zero-order chi connectivity index (χ0) is 13.4. The van der Waals surface area contributed by atoms with Gasteiger partial charge in [-0.15, -0.1) is 11.3 Å². The van der Waals surface area contributed by atoms with Crippen molar-refractivity contribution in [1.82, 2.24) is 10.0 Å². The molecule has 6 heteroatoms. The Kier molecular flexibility index (Phi) is 3.82. The Balaban J connectivity index is 2.03. The molecule has 0 atom stereocenters. The van der Waals surface area contributed by atoms with Gasteiger partial charge >= 0.3 is 0 Å². The molecule has 2 rings (SSSR count). The molecule has 0 aliphatic heterocycles. The summed E-state index contributed by atoms with van der Waals surface area (Å²) in [5, 5.41) is 3.38. The summed E-state index contributed by atoms with van der Waals surface area (Å²) in [6.07, 6.45) is 2.48. The van der Waals surface area contributed by atoms with Crippen LogP contribution in [-0.4, -0.2) is 20.0 Å². The molecule has 1 aromatic rings. The second-order valence-electron chi connectivity index (χ2n) is 5.73. The monoisotopic (exact) mass is 288 g/mol. The Labute approximate surface area is 113 Å². The maximum Gasteiger partial charge on any atom is 0.250 e. The number of thiophene rings is 1. The number of nitrogens with one attached hydrogen (secondary N) is 2. The van der Waals surface area contributed by atoms with Crippen LogP contribution in [0.4, 0.5) is 0 Å². The van der Waals surface area contributed by atoms with Crippen molar-refractivity contribution in [2.45, 2.75) is 55.9 Å². The minimum atomic E-state index is -3.38. The number of rotatable bonds is 5. The molecule has 102 valence electrons. The molecule has 1 saturated carbocycles. The van der Waals surface area contributed by atoms with Gasteiger partial charge in [-0.05, 0) is 45.7 Å². The zero-order valence-corrected chi connectivity index (χ0v) is 12.6. The van der Waals surface area contributed by atoms with E-state index in [4.69, 9.17) is 0 Å². The standard InChI is InChI=1S/C12H20N2O2S2/c1-12(2,3)14-18(15,16)11-7-6-10(17-11)8-13-9-4-5-9/h6-7,9,13-14H,4-5,8H2,1-3H3. The van der Waals surface area contributed by atoms with Gasteiger partial charge in [0.25, 0.3) is 10.0 Å². The van der Waals surface area contributed by atoms with Crippen LogP contribution in [0.5, 0.6) is 0 Å². The molecular formula is C12H20N2O2S2. The Morgan fingerprint density at radius 2 is 2.00 bits per heavy atom. The Morgan fingerprint density at radius 3 is 2.56 bits per heavy atom. The lowest BCUT2D eigenvalue weighted by Gasteiger charge is -2.19. The van der Waals surface area contributed by atoms with Crippen molar-refractivity contribution in [1.29, 1.82) is 0 Å². The second kappa shape index (κ2) is 4.92. The van der Waals surface area contributed by atoms with Crippen molar-refractivity contribution in [3.8, 4) is 0 Å². The van der Waals surface area contributed by atoms with Gasteiger partial charge in [0.15, 0.2) is 0 Å². The first-order valence-electron chi connectivity index (χ1n) is 6.12. The van der Waals surface area contributed by atoms with E-state index in [9.17, 15) is 8.42 Å². The number of sulfonamides is 1. The minimum Gasteiger partial charge on any atom is -0.309 e. The first-order valence-corrected chi connectivity index (χ1v) is 8.42. The van der Waals surface area contributed by atoms with E-state index in [0.29, 0.717) is 10.3 Å². The molecule has 0 spiro atoms. The predicted molar refractivity (Wildman–Crippen MR) is 74.3 cm³/mol. The smallest absolute Gasteiger partial charge is 0.250 e. The SMILES string of the molecule is CC(C)(C)NS(=O)(=O)c1ccc(CNC2CC2)s1. The van der Waals surface area contributed by atoms with Crippen LogP contribution >= 0.6 is 11.3 Å². The fourth-order valence-corrected chi connectivity index (χ4v) is 4.31. The molecule has 0 unspecified atom stereocenters. The third kappa shape index (κ3) is 4.05. The topological polar surface area (TPSA) is 58.2 Å². The van der Waals surface area contributed by atoms with Crippen LogP contribution in [0.1, 0.15) is 38.5 Å². The molecular weight excluding hydrogens is 268 g/mol. The summed E-state index contributed by atoms with van der Waals surface area (Å²) in [7, 11) is -3.38. The van der Waals surface area contributed by atoms with Crippen LogP contribution in [0.15, 0.2) is 16.3 Å². The average molecular weight is 288 g/mol. The highest BCUT2D eigenvalue weighted by Crippen LogP contribution is 2.24. The molecule has 0 bridgehead atoms. The van der Waals surface area contributed by atoms with E-state index in [1.807, 2.05) is 26.8 Å². The molecule has 0 saturated heterocycles. The van der Waals surface area contributed by atoms with Gasteiger partial charge < -0.3 is 5.32 Å². The Morgan fingerprint density at radius 1 is 1.33 bits per heavy atom. The molecule has 1 fully saturated rings. The van der Waals surface area contributed by atoms with E-state index in [-0.39, 0.29) is 0 Å². The van der Waals surface area contributed by atoms with Gasteiger partial charge in [-0.3, -0.25) is 0 Å². The number of hydrogen-bond donors (Lipinski definition) is 2. The molecule has 0 radical (unpaired) electrons. The average Bonchev–Trinajstić information content (AvgIpc) is 2.88. The minimum absolute atomic E-state index is 0.394. The predicted octanol–water partition coefficient (Wildman–Crippen LogP) is 2.08. The lowest BCUT2D eigenvalue weighted by atomic mass is 10.1. The van der Waals surface area contributed by atoms with Gasteiger partial charge in [-0.1, -0.05) is 0 Å². The van der Waals surface area contributed by atoms with E-state index >= 15 is 0 Å². The molecule has 1 aliphatic rings. The van der Waals surface area contributed by atoms with Crippen molar-refractivity contribution in [2.24, 2.45) is 0 Å². The van der Waals surface area contributed by atoms with Gasteiger partial charge in [0.1, 0.15) is 4.21 Å². The lowest BCUT2D eigenvalue weighted by molar-refractivity contribution is 0.492. The summed E-state index contributed by atoms with van der Waals surface area (Å²) in [4.78, 5) is 1.07. The lowest BCUT2D eigenvalue weighted by Crippen LogP contribution is -2.40. The molecule has 2 N–H and O–H groups in total. The molecule has 1 aliphatic carbocycles. The summed E-state index contributed by atoms with van der Waals surface area (Å²) in [6, 6.07) is 4.21. The van der Waals surface area contributed by atoms with E-state index in [2.05, 4.69) is 10.0 Å². The summed E-state index contributed by atoms with van der Waals surface area (Å²) in [6.45, 7) is 6.29. The molecule has 1 heterocycles. The third-order valence-corrected chi connectivity index (χ3v) is 5.82. The van der Waals surface area contributed by atoms with Gasteiger partial charge in [0, 0.05) is 23.0 Å². The van der Waals surface area contributed by atoms with Crippen molar-refractivity contribution in [3.05, 3.63) is 17.0 Å². The maximum absolute atomic E-state index is 12.1. The molecule has 0 amide bonds. The number of hydrogen-bond acceptors (Lipinski definition) is 4. The highest BCUT2D eigenvalue weighted by atomic mass is 32.2. The van der Waals surface area contributed by atoms with E-state index in [0.717, 1.165) is 11.4 Å². The van der Waals surface area contributed by atoms with Crippen LogP contribution in [0.25, 0.3) is 0 Å². The molecule has 1 aromatic heterocycles. The fourth-order valence-electron chi connectivity index (χ4n) is 1.58. The molecule has 18 heavy (non-hydrogen) atoms. The largest absolute Gasteiger partial charge is 0.309 e. The highest BCUT2D eigenvalue weighted by molar-refractivity contribution is 7.91. The third-order valence-electron chi connectivity index (χ3n) is 2.48. The van der Waals surface area contributed by atoms with Crippen molar-refractivity contribution < 1.29 is 8.42 Å². The van der Waals surface area contributed by atoms with Gasteiger partial charge in [-0.25, -0.2) is 13.1 Å². The molecule has 4 nitrogen and oxygen atoms in total. The first kappa shape index (κ1) is 14.0. The maximum atomic E-state index is 12.1. The summed E-state index contributed by atoms with van der Waals surface area (Å²) in [5.74, 6) is 0. The van der Waals surface area contributed by atoms with Crippen molar-refractivity contribution >= 4 is 21.4 Å².